The minimum atomic E-state index is 0.0539. The van der Waals surface area contributed by atoms with Crippen LogP contribution in [0.4, 0.5) is 17.1 Å². The Labute approximate surface area is 154 Å². The van der Waals surface area contributed by atoms with Crippen LogP contribution in [0.25, 0.3) is 0 Å². The van der Waals surface area contributed by atoms with Gasteiger partial charge in [-0.2, -0.15) is 10.2 Å². The first-order chi connectivity index (χ1) is 11.5. The molecule has 3 nitrogen and oxygen atoms in total. The second kappa shape index (κ2) is 9.05. The van der Waals surface area contributed by atoms with Gasteiger partial charge in [0.05, 0.1) is 11.4 Å². The molecule has 2 atom stereocenters. The summed E-state index contributed by atoms with van der Waals surface area (Å²) in [5.74, 6) is 0. The van der Waals surface area contributed by atoms with Crippen molar-refractivity contribution in [2.45, 2.75) is 31.5 Å². The topological polar surface area (TPSA) is 28.0 Å². The highest BCUT2D eigenvalue weighted by atomic mass is 35.5. The van der Waals surface area contributed by atoms with Gasteiger partial charge >= 0.3 is 0 Å². The van der Waals surface area contributed by atoms with Gasteiger partial charge in [0.25, 0.3) is 0 Å². The molecule has 0 aliphatic heterocycles. The zero-order valence-electron chi connectivity index (χ0n) is 14.3. The molecule has 2 unspecified atom stereocenters. The lowest BCUT2D eigenvalue weighted by atomic mass is 10.1. The zero-order chi connectivity index (χ0) is 17.5. The third-order valence-electron chi connectivity index (χ3n) is 3.52. The van der Waals surface area contributed by atoms with E-state index in [0.29, 0.717) is 0 Å². The lowest BCUT2D eigenvalue weighted by molar-refractivity contribution is 0.753. The first-order valence-corrected chi connectivity index (χ1v) is 8.93. The van der Waals surface area contributed by atoms with Crippen molar-refractivity contribution >= 4 is 40.3 Å². The largest absolute Gasteiger partial charge is 0.369 e. The standard InChI is InChI=1S/C19H23Cl2N3/c1-14-11-18(24(12-15(2)20)13-16(3)21)9-10-19(14)23-22-17-7-5-4-6-8-17/h4-11,15-16H,12-13H2,1-3H3. The predicted molar refractivity (Wildman–Crippen MR) is 105 cm³/mol. The van der Waals surface area contributed by atoms with Crippen LogP contribution in [0.1, 0.15) is 19.4 Å². The molecular formula is C19H23Cl2N3. The number of hydrogen-bond acceptors (Lipinski definition) is 3. The van der Waals surface area contributed by atoms with E-state index in [1.54, 1.807) is 0 Å². The highest BCUT2D eigenvalue weighted by Crippen LogP contribution is 2.27. The highest BCUT2D eigenvalue weighted by molar-refractivity contribution is 6.21. The fraction of sp³-hybridized carbons (Fsp3) is 0.368. The minimum Gasteiger partial charge on any atom is -0.369 e. The second-order valence-corrected chi connectivity index (χ2v) is 7.46. The number of hydrogen-bond donors (Lipinski definition) is 0. The molecule has 2 rings (SSSR count). The fourth-order valence-electron chi connectivity index (χ4n) is 2.45. The smallest absolute Gasteiger partial charge is 0.0887 e. The maximum atomic E-state index is 6.18. The first-order valence-electron chi connectivity index (χ1n) is 8.06. The molecule has 128 valence electrons. The number of alkyl halides is 2. The fourth-order valence-corrected chi connectivity index (χ4v) is 2.78. The average Bonchev–Trinajstić information content (AvgIpc) is 2.53. The van der Waals surface area contributed by atoms with Crippen molar-refractivity contribution in [3.63, 3.8) is 0 Å². The summed E-state index contributed by atoms with van der Waals surface area (Å²) in [6.45, 7) is 7.52. The van der Waals surface area contributed by atoms with Crippen molar-refractivity contribution < 1.29 is 0 Å². The minimum absolute atomic E-state index is 0.0539. The molecule has 0 radical (unpaired) electrons. The average molecular weight is 364 g/mol. The van der Waals surface area contributed by atoms with E-state index in [-0.39, 0.29) is 10.8 Å². The first kappa shape index (κ1) is 18.8. The van der Waals surface area contributed by atoms with Gasteiger partial charge < -0.3 is 4.90 Å². The molecule has 0 spiro atoms. The van der Waals surface area contributed by atoms with Gasteiger partial charge in [0.2, 0.25) is 0 Å². The number of halogens is 2. The molecule has 5 heteroatoms. The highest BCUT2D eigenvalue weighted by Gasteiger charge is 2.13. The molecule has 0 saturated carbocycles. The second-order valence-electron chi connectivity index (χ2n) is 5.97. The van der Waals surface area contributed by atoms with Crippen LogP contribution in [0.5, 0.6) is 0 Å². The Kier molecular flexibility index (Phi) is 7.07. The van der Waals surface area contributed by atoms with Gasteiger partial charge in [-0.3, -0.25) is 0 Å². The van der Waals surface area contributed by atoms with Gasteiger partial charge in [0.15, 0.2) is 0 Å². The van der Waals surface area contributed by atoms with Crippen LogP contribution in [0.15, 0.2) is 58.8 Å². The van der Waals surface area contributed by atoms with Crippen molar-refractivity contribution in [3.8, 4) is 0 Å². The molecule has 0 N–H and O–H groups in total. The Balaban J connectivity index is 2.19. The van der Waals surface area contributed by atoms with E-state index < -0.39 is 0 Å². The van der Waals surface area contributed by atoms with E-state index in [1.165, 1.54) is 0 Å². The van der Waals surface area contributed by atoms with Gasteiger partial charge in [-0.1, -0.05) is 18.2 Å². The van der Waals surface area contributed by atoms with Gasteiger partial charge in [0, 0.05) is 29.5 Å². The Hall–Kier alpha value is -1.58. The molecule has 0 fully saturated rings. The van der Waals surface area contributed by atoms with E-state index in [9.17, 15) is 0 Å². The normalized spacial score (nSPS) is 13.9. The molecule has 0 aromatic heterocycles. The maximum Gasteiger partial charge on any atom is 0.0887 e. The van der Waals surface area contributed by atoms with Crippen molar-refractivity contribution in [1.82, 2.24) is 0 Å². The van der Waals surface area contributed by atoms with Gasteiger partial charge in [-0.25, -0.2) is 0 Å². The summed E-state index contributed by atoms with van der Waals surface area (Å²) in [4.78, 5) is 2.21. The SMILES string of the molecule is Cc1cc(N(CC(C)Cl)CC(C)Cl)ccc1N=Nc1ccccc1. The summed E-state index contributed by atoms with van der Waals surface area (Å²) >= 11 is 12.4. The Morgan fingerprint density at radius 3 is 2.08 bits per heavy atom. The van der Waals surface area contributed by atoms with E-state index >= 15 is 0 Å². The Bertz CT molecular complexity index is 660. The van der Waals surface area contributed by atoms with E-state index in [4.69, 9.17) is 23.2 Å². The third kappa shape index (κ3) is 5.81. The lowest BCUT2D eigenvalue weighted by Gasteiger charge is -2.27. The van der Waals surface area contributed by atoms with Crippen molar-refractivity contribution in [2.24, 2.45) is 10.2 Å². The van der Waals surface area contributed by atoms with E-state index in [1.807, 2.05) is 63.2 Å². The summed E-state index contributed by atoms with van der Waals surface area (Å²) in [7, 11) is 0. The Morgan fingerprint density at radius 2 is 1.54 bits per heavy atom. The summed E-state index contributed by atoms with van der Waals surface area (Å²) < 4.78 is 0. The number of benzene rings is 2. The number of nitrogens with zero attached hydrogens (tertiary/aromatic N) is 3. The van der Waals surface area contributed by atoms with Gasteiger partial charge in [-0.05, 0) is 56.7 Å². The molecule has 0 amide bonds. The molecular weight excluding hydrogens is 341 g/mol. The predicted octanol–water partition coefficient (Wildman–Crippen LogP) is 6.47. The Morgan fingerprint density at radius 1 is 0.917 bits per heavy atom. The summed E-state index contributed by atoms with van der Waals surface area (Å²) in [5, 5.41) is 8.74. The molecule has 0 aliphatic carbocycles. The van der Waals surface area contributed by atoms with Crippen LogP contribution in [-0.2, 0) is 0 Å². The molecule has 2 aromatic rings. The molecule has 0 saturated heterocycles. The number of azo groups is 1. The van der Waals surface area contributed by atoms with Crippen LogP contribution in [0.3, 0.4) is 0 Å². The van der Waals surface area contributed by atoms with Crippen molar-refractivity contribution in [2.75, 3.05) is 18.0 Å². The van der Waals surface area contributed by atoms with Crippen LogP contribution < -0.4 is 4.90 Å². The zero-order valence-corrected chi connectivity index (χ0v) is 15.8. The molecule has 0 heterocycles. The third-order valence-corrected chi connectivity index (χ3v) is 3.79. The van der Waals surface area contributed by atoms with Gasteiger partial charge in [0.1, 0.15) is 0 Å². The summed E-state index contributed by atoms with van der Waals surface area (Å²) in [6, 6.07) is 15.9. The van der Waals surface area contributed by atoms with E-state index in [2.05, 4.69) is 21.2 Å². The molecule has 24 heavy (non-hydrogen) atoms. The molecule has 2 aromatic carbocycles. The lowest BCUT2D eigenvalue weighted by Crippen LogP contribution is -2.33. The quantitative estimate of drug-likeness (QED) is 0.409. The monoisotopic (exact) mass is 363 g/mol. The summed E-state index contributed by atoms with van der Waals surface area (Å²) in [5.41, 5.74) is 3.88. The van der Waals surface area contributed by atoms with Crippen molar-refractivity contribution in [3.05, 3.63) is 54.1 Å². The van der Waals surface area contributed by atoms with Gasteiger partial charge in [-0.15, -0.1) is 23.2 Å². The van der Waals surface area contributed by atoms with Crippen LogP contribution >= 0.6 is 23.2 Å². The van der Waals surface area contributed by atoms with Crippen molar-refractivity contribution in [1.29, 1.82) is 0 Å². The molecule has 0 bridgehead atoms. The van der Waals surface area contributed by atoms with Crippen LogP contribution in [0, 0.1) is 6.92 Å². The van der Waals surface area contributed by atoms with Crippen LogP contribution in [0.2, 0.25) is 0 Å². The van der Waals surface area contributed by atoms with E-state index in [0.717, 1.165) is 35.7 Å². The maximum absolute atomic E-state index is 6.18. The van der Waals surface area contributed by atoms with Crippen LogP contribution in [-0.4, -0.2) is 23.8 Å². The number of aryl methyl sites for hydroxylation is 1. The number of anilines is 1. The number of rotatable bonds is 7. The molecule has 0 aliphatic rings. The summed E-state index contributed by atoms with van der Waals surface area (Å²) in [6.07, 6.45) is 0.